The van der Waals surface area contributed by atoms with Crippen molar-refractivity contribution in [3.63, 3.8) is 0 Å². The van der Waals surface area contributed by atoms with Crippen molar-refractivity contribution < 1.29 is 0 Å². The lowest BCUT2D eigenvalue weighted by Crippen LogP contribution is -2.36. The van der Waals surface area contributed by atoms with E-state index in [-0.39, 0.29) is 11.5 Å². The van der Waals surface area contributed by atoms with Crippen LogP contribution in [0.3, 0.4) is 0 Å². The van der Waals surface area contributed by atoms with Crippen LogP contribution >= 0.6 is 0 Å². The highest BCUT2D eigenvalue weighted by molar-refractivity contribution is 5.25. The average Bonchev–Trinajstić information content (AvgIpc) is 2.19. The normalized spacial score (nSPS) is 14.1. The summed E-state index contributed by atoms with van der Waals surface area (Å²) in [6.07, 6.45) is 3.77. The Bertz CT molecular complexity index is 355. The molecule has 0 bridgehead atoms. The first kappa shape index (κ1) is 14.1. The zero-order valence-corrected chi connectivity index (χ0v) is 11.7. The topological polar surface area (TPSA) is 42.1 Å². The molecule has 1 unspecified atom stereocenters. The van der Waals surface area contributed by atoms with Gasteiger partial charge in [-0.25, -0.2) is 0 Å². The van der Waals surface area contributed by atoms with Gasteiger partial charge in [-0.15, -0.1) is 0 Å². The van der Waals surface area contributed by atoms with Crippen LogP contribution in [0.5, 0.6) is 0 Å². The molecule has 1 rings (SSSR count). The quantitative estimate of drug-likeness (QED) is 0.871. The molecule has 0 amide bonds. The van der Waals surface area contributed by atoms with Crippen molar-refractivity contribution >= 4 is 0 Å². The third-order valence-corrected chi connectivity index (χ3v) is 2.92. The van der Waals surface area contributed by atoms with Gasteiger partial charge in [0.25, 0.3) is 0 Å². The molecule has 1 aromatic heterocycles. The first-order chi connectivity index (χ1) is 7.85. The molecule has 0 saturated carbocycles. The molecular formula is C14H25N3. The molecule has 0 aliphatic carbocycles. The lowest BCUT2D eigenvalue weighted by molar-refractivity contribution is 0.175. The second-order valence-electron chi connectivity index (χ2n) is 5.96. The van der Waals surface area contributed by atoms with Gasteiger partial charge in [-0.2, -0.15) is 0 Å². The molecule has 1 heterocycles. The number of rotatable bonds is 4. The summed E-state index contributed by atoms with van der Waals surface area (Å²) in [5.41, 5.74) is 8.70. The summed E-state index contributed by atoms with van der Waals surface area (Å²) in [5, 5.41) is 0. The number of hydrogen-bond donors (Lipinski definition) is 1. The van der Waals surface area contributed by atoms with Crippen LogP contribution in [0.15, 0.2) is 18.5 Å². The Morgan fingerprint density at radius 3 is 2.53 bits per heavy atom. The van der Waals surface area contributed by atoms with Crippen LogP contribution in [0.25, 0.3) is 0 Å². The van der Waals surface area contributed by atoms with Gasteiger partial charge in [0.05, 0.1) is 0 Å². The maximum atomic E-state index is 5.92. The van der Waals surface area contributed by atoms with Crippen LogP contribution in [-0.4, -0.2) is 30.0 Å². The molecule has 0 aliphatic rings. The van der Waals surface area contributed by atoms with E-state index in [0.717, 1.165) is 6.54 Å². The Kier molecular flexibility index (Phi) is 4.66. The van der Waals surface area contributed by atoms with E-state index in [2.05, 4.69) is 44.6 Å². The van der Waals surface area contributed by atoms with E-state index in [9.17, 15) is 0 Å². The molecule has 0 radical (unpaired) electrons. The van der Waals surface area contributed by atoms with Gasteiger partial charge in [0, 0.05) is 31.5 Å². The van der Waals surface area contributed by atoms with Gasteiger partial charge < -0.3 is 5.73 Å². The molecule has 1 aromatic rings. The number of aryl methyl sites for hydroxylation is 1. The predicted molar refractivity (Wildman–Crippen MR) is 72.9 cm³/mol. The highest BCUT2D eigenvalue weighted by atomic mass is 15.1. The Labute approximate surface area is 105 Å². The fourth-order valence-corrected chi connectivity index (χ4v) is 2.23. The van der Waals surface area contributed by atoms with Gasteiger partial charge in [-0.05, 0) is 36.6 Å². The Morgan fingerprint density at radius 1 is 1.41 bits per heavy atom. The molecule has 3 nitrogen and oxygen atoms in total. The van der Waals surface area contributed by atoms with E-state index in [0.29, 0.717) is 6.54 Å². The first-order valence-electron chi connectivity index (χ1n) is 6.16. The summed E-state index contributed by atoms with van der Waals surface area (Å²) in [7, 11) is 2.13. The maximum absolute atomic E-state index is 5.92. The van der Waals surface area contributed by atoms with Crippen molar-refractivity contribution in [3.8, 4) is 0 Å². The van der Waals surface area contributed by atoms with Crippen LogP contribution in [-0.2, 0) is 0 Å². The van der Waals surface area contributed by atoms with E-state index in [4.69, 9.17) is 5.73 Å². The van der Waals surface area contributed by atoms with Gasteiger partial charge in [0.1, 0.15) is 0 Å². The van der Waals surface area contributed by atoms with E-state index in [1.54, 1.807) is 0 Å². The molecule has 17 heavy (non-hydrogen) atoms. The van der Waals surface area contributed by atoms with Crippen LogP contribution in [0.4, 0.5) is 0 Å². The SMILES string of the molecule is Cc1ccncc1C(CN)N(C)CC(C)(C)C. The first-order valence-corrected chi connectivity index (χ1v) is 6.16. The van der Waals surface area contributed by atoms with Crippen LogP contribution in [0.1, 0.15) is 37.9 Å². The maximum Gasteiger partial charge on any atom is 0.0485 e. The van der Waals surface area contributed by atoms with E-state index in [1.165, 1.54) is 11.1 Å². The number of nitrogens with two attached hydrogens (primary N) is 1. The molecule has 0 fully saturated rings. The summed E-state index contributed by atoms with van der Waals surface area (Å²) in [5.74, 6) is 0. The average molecular weight is 235 g/mol. The number of likely N-dealkylation sites (N-methyl/N-ethyl adjacent to an activating group) is 1. The summed E-state index contributed by atoms with van der Waals surface area (Å²) in [4.78, 5) is 6.53. The zero-order valence-electron chi connectivity index (χ0n) is 11.7. The van der Waals surface area contributed by atoms with Crippen molar-refractivity contribution in [1.82, 2.24) is 9.88 Å². The zero-order chi connectivity index (χ0) is 13.1. The molecule has 2 N–H and O–H groups in total. The van der Waals surface area contributed by atoms with Crippen molar-refractivity contribution in [2.75, 3.05) is 20.1 Å². The van der Waals surface area contributed by atoms with Crippen LogP contribution < -0.4 is 5.73 Å². The number of hydrogen-bond acceptors (Lipinski definition) is 3. The minimum Gasteiger partial charge on any atom is -0.329 e. The third kappa shape index (κ3) is 4.10. The molecule has 0 aliphatic heterocycles. The Balaban J connectivity index is 2.89. The van der Waals surface area contributed by atoms with E-state index in [1.807, 2.05) is 18.5 Å². The number of aromatic nitrogens is 1. The minimum absolute atomic E-state index is 0.253. The molecule has 0 spiro atoms. The van der Waals surface area contributed by atoms with Crippen molar-refractivity contribution in [3.05, 3.63) is 29.6 Å². The molecule has 1 atom stereocenters. The minimum atomic E-state index is 0.253. The summed E-state index contributed by atoms with van der Waals surface area (Å²) >= 11 is 0. The number of pyridine rings is 1. The van der Waals surface area contributed by atoms with Gasteiger partial charge >= 0.3 is 0 Å². The Morgan fingerprint density at radius 2 is 2.06 bits per heavy atom. The lowest BCUT2D eigenvalue weighted by Gasteiger charge is -2.33. The number of nitrogens with zero attached hydrogens (tertiary/aromatic N) is 2. The highest BCUT2D eigenvalue weighted by Crippen LogP contribution is 2.24. The molecular weight excluding hydrogens is 210 g/mol. The van der Waals surface area contributed by atoms with Gasteiger partial charge in [-0.3, -0.25) is 9.88 Å². The Hall–Kier alpha value is -0.930. The van der Waals surface area contributed by atoms with Gasteiger partial charge in [0.15, 0.2) is 0 Å². The predicted octanol–water partition coefficient (Wildman–Crippen LogP) is 2.37. The lowest BCUT2D eigenvalue weighted by atomic mass is 9.94. The smallest absolute Gasteiger partial charge is 0.0485 e. The second kappa shape index (κ2) is 5.61. The standard InChI is InChI=1S/C14H25N3/c1-11-6-7-16-9-12(11)13(8-15)17(5)10-14(2,3)4/h6-7,9,13H,8,10,15H2,1-5H3. The molecule has 0 aromatic carbocycles. The third-order valence-electron chi connectivity index (χ3n) is 2.92. The van der Waals surface area contributed by atoms with Crippen molar-refractivity contribution in [2.24, 2.45) is 11.1 Å². The van der Waals surface area contributed by atoms with Gasteiger partial charge in [-0.1, -0.05) is 20.8 Å². The fraction of sp³-hybridized carbons (Fsp3) is 0.643. The molecule has 0 saturated heterocycles. The van der Waals surface area contributed by atoms with Crippen LogP contribution in [0, 0.1) is 12.3 Å². The summed E-state index contributed by atoms with van der Waals surface area (Å²) in [6.45, 7) is 10.5. The summed E-state index contributed by atoms with van der Waals surface area (Å²) in [6, 6.07) is 2.30. The van der Waals surface area contributed by atoms with Crippen molar-refractivity contribution in [2.45, 2.75) is 33.7 Å². The highest BCUT2D eigenvalue weighted by Gasteiger charge is 2.22. The summed E-state index contributed by atoms with van der Waals surface area (Å²) < 4.78 is 0. The fourth-order valence-electron chi connectivity index (χ4n) is 2.23. The van der Waals surface area contributed by atoms with E-state index >= 15 is 0 Å². The molecule has 96 valence electrons. The van der Waals surface area contributed by atoms with E-state index < -0.39 is 0 Å². The van der Waals surface area contributed by atoms with Gasteiger partial charge in [0.2, 0.25) is 0 Å². The molecule has 3 heteroatoms. The van der Waals surface area contributed by atoms with Crippen LogP contribution in [0.2, 0.25) is 0 Å². The monoisotopic (exact) mass is 235 g/mol. The largest absolute Gasteiger partial charge is 0.329 e. The van der Waals surface area contributed by atoms with Crippen molar-refractivity contribution in [1.29, 1.82) is 0 Å². The second-order valence-corrected chi connectivity index (χ2v) is 5.96.